The number of hydrogen-bond donors (Lipinski definition) is 2. The van der Waals surface area contributed by atoms with Crippen LogP contribution in [0.1, 0.15) is 18.0 Å². The van der Waals surface area contributed by atoms with Crippen LogP contribution in [-0.4, -0.2) is 43.8 Å². The van der Waals surface area contributed by atoms with Gasteiger partial charge in [0.1, 0.15) is 5.82 Å². The molecule has 1 aromatic carbocycles. The lowest BCUT2D eigenvalue weighted by molar-refractivity contribution is 0.165. The zero-order valence-corrected chi connectivity index (χ0v) is 11.5. The van der Waals surface area contributed by atoms with Crippen molar-refractivity contribution in [2.24, 2.45) is 5.73 Å². The fourth-order valence-electron chi connectivity index (χ4n) is 2.59. The number of carbonyl (C=O) groups excluding carboxylic acids is 1. The zero-order valence-electron chi connectivity index (χ0n) is 11.5. The van der Waals surface area contributed by atoms with E-state index in [0.29, 0.717) is 13.1 Å². The van der Waals surface area contributed by atoms with E-state index in [0.717, 1.165) is 18.5 Å². The van der Waals surface area contributed by atoms with Crippen molar-refractivity contribution in [2.45, 2.75) is 18.5 Å². The van der Waals surface area contributed by atoms with Crippen LogP contribution in [0, 0.1) is 5.82 Å². The summed E-state index contributed by atoms with van der Waals surface area (Å²) in [4.78, 5) is 13.4. The summed E-state index contributed by atoms with van der Waals surface area (Å²) in [6.45, 7) is 2.01. The number of amides is 1. The number of halogens is 1. The number of rotatable bonds is 4. The monoisotopic (exact) mass is 281 g/mol. The Labute approximate surface area is 117 Å². The number of benzene rings is 1. The summed E-state index contributed by atoms with van der Waals surface area (Å²) in [6.07, 6.45) is 0.440. The van der Waals surface area contributed by atoms with Gasteiger partial charge in [-0.05, 0) is 24.1 Å². The molecule has 1 aliphatic heterocycles. The molecule has 2 atom stereocenters. The second-order valence-corrected chi connectivity index (χ2v) is 4.92. The average molecular weight is 281 g/mol. The van der Waals surface area contributed by atoms with Gasteiger partial charge in [-0.1, -0.05) is 12.1 Å². The first-order valence-corrected chi connectivity index (χ1v) is 6.68. The number of nitrogens with two attached hydrogens (primary N) is 1. The summed E-state index contributed by atoms with van der Waals surface area (Å²) >= 11 is 0. The quantitative estimate of drug-likeness (QED) is 0.872. The van der Waals surface area contributed by atoms with Crippen LogP contribution in [-0.2, 0) is 4.74 Å². The zero-order chi connectivity index (χ0) is 14.5. The number of hydrogen-bond acceptors (Lipinski definition) is 4. The minimum Gasteiger partial charge on any atom is -0.453 e. The molecule has 0 bridgehead atoms. The van der Waals surface area contributed by atoms with E-state index >= 15 is 0 Å². The topological polar surface area (TPSA) is 67.6 Å². The Bertz CT molecular complexity index is 452. The fourth-order valence-corrected chi connectivity index (χ4v) is 2.59. The molecule has 0 saturated carbocycles. The molecule has 2 unspecified atom stereocenters. The Morgan fingerprint density at radius 2 is 2.25 bits per heavy atom. The maximum Gasteiger partial charge on any atom is 0.407 e. The third-order valence-electron chi connectivity index (χ3n) is 3.65. The highest BCUT2D eigenvalue weighted by atomic mass is 19.1. The number of likely N-dealkylation sites (tertiary alicyclic amines) is 1. The Morgan fingerprint density at radius 3 is 2.85 bits per heavy atom. The first-order valence-electron chi connectivity index (χ1n) is 6.68. The third-order valence-corrected chi connectivity index (χ3v) is 3.65. The first-order chi connectivity index (χ1) is 9.63. The lowest BCUT2D eigenvalue weighted by Gasteiger charge is -2.27. The minimum absolute atomic E-state index is 0.0417. The van der Waals surface area contributed by atoms with Crippen molar-refractivity contribution in [1.82, 2.24) is 10.2 Å². The van der Waals surface area contributed by atoms with Gasteiger partial charge in [-0.3, -0.25) is 4.90 Å². The molecule has 1 aromatic rings. The van der Waals surface area contributed by atoms with Gasteiger partial charge in [0.15, 0.2) is 0 Å². The number of methoxy groups -OCH3 is 1. The molecule has 110 valence electrons. The Hall–Kier alpha value is -1.66. The molecule has 0 aromatic heterocycles. The van der Waals surface area contributed by atoms with Crippen molar-refractivity contribution in [3.8, 4) is 0 Å². The Balaban J connectivity index is 1.99. The predicted octanol–water partition coefficient (Wildman–Crippen LogP) is 1.26. The second kappa shape index (κ2) is 6.67. The lowest BCUT2D eigenvalue weighted by Crippen LogP contribution is -2.39. The van der Waals surface area contributed by atoms with E-state index in [9.17, 15) is 9.18 Å². The van der Waals surface area contributed by atoms with Crippen LogP contribution in [0.5, 0.6) is 0 Å². The van der Waals surface area contributed by atoms with Gasteiger partial charge >= 0.3 is 6.09 Å². The maximum atomic E-state index is 13.0. The molecule has 1 saturated heterocycles. The smallest absolute Gasteiger partial charge is 0.407 e. The van der Waals surface area contributed by atoms with E-state index < -0.39 is 6.09 Å². The highest BCUT2D eigenvalue weighted by molar-refractivity contribution is 5.67. The van der Waals surface area contributed by atoms with Gasteiger partial charge in [-0.15, -0.1) is 0 Å². The molecular weight excluding hydrogens is 261 g/mol. The molecule has 20 heavy (non-hydrogen) atoms. The summed E-state index contributed by atoms with van der Waals surface area (Å²) in [5.41, 5.74) is 6.84. The van der Waals surface area contributed by atoms with Gasteiger partial charge in [0.25, 0.3) is 0 Å². The summed E-state index contributed by atoms with van der Waals surface area (Å²) in [5, 5.41) is 2.79. The lowest BCUT2D eigenvalue weighted by atomic mass is 10.1. The number of nitrogens with one attached hydrogen (secondary N) is 1. The molecule has 6 heteroatoms. The van der Waals surface area contributed by atoms with E-state index in [-0.39, 0.29) is 17.9 Å². The van der Waals surface area contributed by atoms with Gasteiger partial charge in [0, 0.05) is 31.7 Å². The summed E-state index contributed by atoms with van der Waals surface area (Å²) in [7, 11) is 1.35. The van der Waals surface area contributed by atoms with Gasteiger partial charge in [0.05, 0.1) is 7.11 Å². The molecule has 2 rings (SSSR count). The van der Waals surface area contributed by atoms with Crippen LogP contribution in [0.4, 0.5) is 9.18 Å². The van der Waals surface area contributed by atoms with Crippen molar-refractivity contribution in [1.29, 1.82) is 0 Å². The number of ether oxygens (including phenoxy) is 1. The molecule has 1 amide bonds. The van der Waals surface area contributed by atoms with E-state index in [1.807, 2.05) is 0 Å². The molecule has 5 nitrogen and oxygen atoms in total. The van der Waals surface area contributed by atoms with Crippen LogP contribution in [0.25, 0.3) is 0 Å². The largest absolute Gasteiger partial charge is 0.453 e. The molecular formula is C14H20FN3O2. The second-order valence-electron chi connectivity index (χ2n) is 4.92. The fraction of sp³-hybridized carbons (Fsp3) is 0.500. The van der Waals surface area contributed by atoms with Gasteiger partial charge in [0.2, 0.25) is 0 Å². The summed E-state index contributed by atoms with van der Waals surface area (Å²) in [5.74, 6) is -0.254. The third kappa shape index (κ3) is 3.46. The standard InChI is InChI=1S/C14H20FN3O2/c1-20-14(19)17-12-6-7-18(9-12)13(8-16)10-2-4-11(15)5-3-10/h2-5,12-13H,6-9,16H2,1H3,(H,17,19). The van der Waals surface area contributed by atoms with E-state index in [1.54, 1.807) is 12.1 Å². The van der Waals surface area contributed by atoms with E-state index in [1.165, 1.54) is 19.2 Å². The highest BCUT2D eigenvalue weighted by Crippen LogP contribution is 2.24. The molecule has 0 aliphatic carbocycles. The van der Waals surface area contributed by atoms with Gasteiger partial charge in [-0.2, -0.15) is 0 Å². The number of alkyl carbamates (subject to hydrolysis) is 1. The van der Waals surface area contributed by atoms with Gasteiger partial charge in [-0.25, -0.2) is 9.18 Å². The van der Waals surface area contributed by atoms with E-state index in [4.69, 9.17) is 5.73 Å². The number of carbonyl (C=O) groups is 1. The SMILES string of the molecule is COC(=O)NC1CCN(C(CN)c2ccc(F)cc2)C1. The van der Waals surface area contributed by atoms with Crippen molar-refractivity contribution in [3.63, 3.8) is 0 Å². The van der Waals surface area contributed by atoms with Crippen molar-refractivity contribution >= 4 is 6.09 Å². The first kappa shape index (κ1) is 14.7. The van der Waals surface area contributed by atoms with Crippen LogP contribution in [0.2, 0.25) is 0 Å². The van der Waals surface area contributed by atoms with Crippen molar-refractivity contribution in [2.75, 3.05) is 26.7 Å². The molecule has 0 radical (unpaired) electrons. The summed E-state index contributed by atoms with van der Waals surface area (Å²) < 4.78 is 17.6. The Kier molecular flexibility index (Phi) is 4.92. The maximum absolute atomic E-state index is 13.0. The van der Waals surface area contributed by atoms with Crippen molar-refractivity contribution < 1.29 is 13.9 Å². The van der Waals surface area contributed by atoms with Crippen LogP contribution >= 0.6 is 0 Å². The van der Waals surface area contributed by atoms with E-state index in [2.05, 4.69) is 15.0 Å². The average Bonchev–Trinajstić information content (AvgIpc) is 2.90. The molecule has 1 heterocycles. The molecule has 1 aliphatic rings. The van der Waals surface area contributed by atoms with Crippen molar-refractivity contribution in [3.05, 3.63) is 35.6 Å². The highest BCUT2D eigenvalue weighted by Gasteiger charge is 2.29. The predicted molar refractivity (Wildman–Crippen MR) is 73.7 cm³/mol. The molecule has 0 spiro atoms. The normalized spacial score (nSPS) is 20.6. The summed E-state index contributed by atoms with van der Waals surface area (Å²) in [6, 6.07) is 6.51. The number of nitrogens with zero attached hydrogens (tertiary/aromatic N) is 1. The molecule has 3 N–H and O–H groups in total. The van der Waals surface area contributed by atoms with Crippen LogP contribution < -0.4 is 11.1 Å². The van der Waals surface area contributed by atoms with Crippen LogP contribution in [0.15, 0.2) is 24.3 Å². The van der Waals surface area contributed by atoms with Gasteiger partial charge < -0.3 is 15.8 Å². The van der Waals surface area contributed by atoms with Crippen LogP contribution in [0.3, 0.4) is 0 Å². The molecule has 1 fully saturated rings. The minimum atomic E-state index is -0.414. The Morgan fingerprint density at radius 1 is 1.55 bits per heavy atom.